The Morgan fingerprint density at radius 1 is 1.18 bits per heavy atom. The molecular weight excluding hydrogens is 522 g/mol. The van der Waals surface area contributed by atoms with E-state index >= 15 is 0 Å². The van der Waals surface area contributed by atoms with E-state index in [0.717, 1.165) is 40.4 Å². The standard InChI is InChI=1S/C31H41N5O3S/c1-18-14-27(40-4)26(30(37)34-18)15-33-31(38)28-20(3)36(29-25(28)6-5-13-32-29)19(2)21-7-9-22(10-8-21)35-16-24(17-35)39-23-11-12-23/h5-6,13-14,19,21-24H,7-12,15-17H2,1-4H3,(H,33,38)(H,34,37). The number of H-pyrrole nitrogens is 1. The summed E-state index contributed by atoms with van der Waals surface area (Å²) in [7, 11) is 0. The molecule has 8 nitrogen and oxygen atoms in total. The molecule has 3 fully saturated rings. The lowest BCUT2D eigenvalue weighted by Gasteiger charge is -2.47. The summed E-state index contributed by atoms with van der Waals surface area (Å²) in [6, 6.07) is 6.74. The van der Waals surface area contributed by atoms with E-state index in [1.165, 1.54) is 50.3 Å². The van der Waals surface area contributed by atoms with Crippen LogP contribution >= 0.6 is 11.8 Å². The van der Waals surface area contributed by atoms with E-state index in [-0.39, 0.29) is 24.1 Å². The molecule has 2 N–H and O–H groups in total. The molecule has 1 aliphatic heterocycles. The minimum atomic E-state index is -0.169. The fourth-order valence-electron chi connectivity index (χ4n) is 6.83. The van der Waals surface area contributed by atoms with Crippen LogP contribution in [0.15, 0.2) is 34.1 Å². The van der Waals surface area contributed by atoms with Crippen LogP contribution in [0.4, 0.5) is 0 Å². The number of ether oxygens (including phenoxy) is 1. The molecule has 1 unspecified atom stereocenters. The van der Waals surface area contributed by atoms with Gasteiger partial charge in [-0.05, 0) is 89.7 Å². The van der Waals surface area contributed by atoms with Crippen molar-refractivity contribution in [3.8, 4) is 0 Å². The highest BCUT2D eigenvalue weighted by molar-refractivity contribution is 7.98. The van der Waals surface area contributed by atoms with Crippen molar-refractivity contribution in [1.82, 2.24) is 24.8 Å². The largest absolute Gasteiger partial charge is 0.372 e. The van der Waals surface area contributed by atoms with Gasteiger partial charge in [-0.1, -0.05) is 0 Å². The van der Waals surface area contributed by atoms with Gasteiger partial charge in [0.15, 0.2) is 0 Å². The van der Waals surface area contributed by atoms with Gasteiger partial charge in [0, 0.05) is 65.1 Å². The molecule has 3 aromatic rings. The maximum Gasteiger partial charge on any atom is 0.254 e. The second-order valence-corrected chi connectivity index (χ2v) is 12.8. The smallest absolute Gasteiger partial charge is 0.254 e. The molecule has 0 bridgehead atoms. The van der Waals surface area contributed by atoms with Crippen LogP contribution in [0.5, 0.6) is 0 Å². The molecule has 1 amide bonds. The first-order chi connectivity index (χ1) is 19.3. The van der Waals surface area contributed by atoms with Gasteiger partial charge in [0.1, 0.15) is 5.65 Å². The van der Waals surface area contributed by atoms with Crippen molar-refractivity contribution in [3.05, 3.63) is 57.3 Å². The lowest BCUT2D eigenvalue weighted by molar-refractivity contribution is -0.0864. The summed E-state index contributed by atoms with van der Waals surface area (Å²) in [6.07, 6.45) is 12.0. The Kier molecular flexibility index (Phi) is 7.81. The van der Waals surface area contributed by atoms with Gasteiger partial charge in [-0.25, -0.2) is 4.98 Å². The second-order valence-electron chi connectivity index (χ2n) is 11.9. The number of hydrogen-bond acceptors (Lipinski definition) is 6. The molecule has 40 heavy (non-hydrogen) atoms. The number of likely N-dealkylation sites (tertiary alicyclic amines) is 1. The number of rotatable bonds is 9. The average molecular weight is 564 g/mol. The van der Waals surface area contributed by atoms with Crippen LogP contribution in [0.2, 0.25) is 0 Å². The maximum atomic E-state index is 13.6. The number of amides is 1. The topological polar surface area (TPSA) is 92.2 Å². The van der Waals surface area contributed by atoms with Crippen molar-refractivity contribution in [3.63, 3.8) is 0 Å². The zero-order valence-corrected chi connectivity index (χ0v) is 24.9. The summed E-state index contributed by atoms with van der Waals surface area (Å²) in [5.74, 6) is 0.372. The molecule has 0 spiro atoms. The summed E-state index contributed by atoms with van der Waals surface area (Å²) < 4.78 is 8.36. The predicted molar refractivity (Wildman–Crippen MR) is 159 cm³/mol. The Bertz CT molecular complexity index is 1450. The van der Waals surface area contributed by atoms with Gasteiger partial charge in [0.25, 0.3) is 11.5 Å². The van der Waals surface area contributed by atoms with Gasteiger partial charge in [0.2, 0.25) is 0 Å². The predicted octanol–water partition coefficient (Wildman–Crippen LogP) is 4.98. The molecule has 4 heterocycles. The highest BCUT2D eigenvalue weighted by Crippen LogP contribution is 2.39. The van der Waals surface area contributed by atoms with Crippen molar-refractivity contribution in [1.29, 1.82) is 0 Å². The maximum absolute atomic E-state index is 13.6. The minimum absolute atomic E-state index is 0.154. The molecule has 9 heteroatoms. The van der Waals surface area contributed by atoms with Crippen LogP contribution in [0, 0.1) is 19.8 Å². The van der Waals surface area contributed by atoms with Crippen LogP contribution in [-0.4, -0.2) is 62.9 Å². The number of fused-ring (bicyclic) bond motifs is 1. The molecular formula is C31H41N5O3S. The fraction of sp³-hybridized carbons (Fsp3) is 0.581. The van der Waals surface area contributed by atoms with Crippen LogP contribution in [0.25, 0.3) is 11.0 Å². The first-order valence-corrected chi connectivity index (χ1v) is 16.0. The normalized spacial score (nSPS) is 22.8. The third kappa shape index (κ3) is 5.35. The highest BCUT2D eigenvalue weighted by Gasteiger charge is 2.39. The number of carbonyl (C=O) groups is 1. The molecule has 3 aliphatic rings. The molecule has 1 atom stereocenters. The van der Waals surface area contributed by atoms with E-state index in [1.807, 2.05) is 44.5 Å². The minimum Gasteiger partial charge on any atom is -0.372 e. The lowest BCUT2D eigenvalue weighted by Crippen LogP contribution is -2.57. The molecule has 3 aromatic heterocycles. The van der Waals surface area contributed by atoms with Crippen LogP contribution in [0.3, 0.4) is 0 Å². The van der Waals surface area contributed by atoms with E-state index in [1.54, 1.807) is 0 Å². The van der Waals surface area contributed by atoms with Gasteiger partial charge < -0.3 is 19.6 Å². The van der Waals surface area contributed by atoms with Crippen molar-refractivity contribution < 1.29 is 9.53 Å². The molecule has 0 aromatic carbocycles. The van der Waals surface area contributed by atoms with Gasteiger partial charge in [-0.2, -0.15) is 0 Å². The summed E-state index contributed by atoms with van der Waals surface area (Å²) in [4.78, 5) is 37.3. The summed E-state index contributed by atoms with van der Waals surface area (Å²) >= 11 is 1.52. The average Bonchev–Trinajstić information content (AvgIpc) is 3.70. The Morgan fingerprint density at radius 2 is 1.93 bits per heavy atom. The van der Waals surface area contributed by atoms with E-state index in [9.17, 15) is 9.59 Å². The van der Waals surface area contributed by atoms with E-state index in [2.05, 4.69) is 26.7 Å². The zero-order valence-electron chi connectivity index (χ0n) is 24.0. The summed E-state index contributed by atoms with van der Waals surface area (Å²) in [6.45, 7) is 8.56. The number of thioether (sulfide) groups is 1. The van der Waals surface area contributed by atoms with E-state index in [0.29, 0.717) is 35.3 Å². The van der Waals surface area contributed by atoms with Gasteiger partial charge >= 0.3 is 0 Å². The van der Waals surface area contributed by atoms with E-state index in [4.69, 9.17) is 9.72 Å². The zero-order chi connectivity index (χ0) is 28.0. The third-order valence-corrected chi connectivity index (χ3v) is 10.0. The van der Waals surface area contributed by atoms with Crippen molar-refractivity contribution in [2.75, 3.05) is 19.3 Å². The monoisotopic (exact) mass is 563 g/mol. The molecule has 2 aliphatic carbocycles. The number of nitrogens with one attached hydrogen (secondary N) is 2. The van der Waals surface area contributed by atoms with Crippen LogP contribution in [-0.2, 0) is 11.3 Å². The van der Waals surface area contributed by atoms with Gasteiger partial charge in [-0.15, -0.1) is 11.8 Å². The second kappa shape index (κ2) is 11.3. The number of nitrogens with zero attached hydrogens (tertiary/aromatic N) is 3. The number of aromatic nitrogens is 3. The Labute approximate surface area is 240 Å². The lowest BCUT2D eigenvalue weighted by atomic mass is 9.80. The van der Waals surface area contributed by atoms with Crippen molar-refractivity contribution in [2.24, 2.45) is 5.92 Å². The van der Waals surface area contributed by atoms with Gasteiger partial charge in [-0.3, -0.25) is 14.5 Å². The van der Waals surface area contributed by atoms with Crippen LogP contribution < -0.4 is 10.9 Å². The molecule has 1 saturated heterocycles. The highest BCUT2D eigenvalue weighted by atomic mass is 32.2. The Hall–Kier alpha value is -2.62. The van der Waals surface area contributed by atoms with Crippen molar-refractivity contribution in [2.45, 2.75) is 95.0 Å². The number of pyridine rings is 2. The first-order valence-electron chi connectivity index (χ1n) is 14.7. The number of hydrogen-bond donors (Lipinski definition) is 2. The first kappa shape index (κ1) is 27.5. The van der Waals surface area contributed by atoms with Crippen molar-refractivity contribution >= 4 is 28.7 Å². The fourth-order valence-corrected chi connectivity index (χ4v) is 7.53. The SMILES string of the molecule is CSc1cc(C)[nH]c(=O)c1CNC(=O)c1c(C)n(C(C)C2CCC(N3CC(OC4CC4)C3)CC2)c2ncccc12. The quantitative estimate of drug-likeness (QED) is 0.357. The molecule has 214 valence electrons. The third-order valence-electron chi connectivity index (χ3n) is 9.24. The number of aromatic amines is 1. The van der Waals surface area contributed by atoms with Gasteiger partial charge in [0.05, 0.1) is 17.8 Å². The molecule has 6 rings (SSSR count). The Morgan fingerprint density at radius 3 is 2.62 bits per heavy atom. The van der Waals surface area contributed by atoms with E-state index < -0.39 is 0 Å². The molecule has 0 radical (unpaired) electrons. The number of aryl methyl sites for hydroxylation is 1. The number of carbonyl (C=O) groups excluding carboxylic acids is 1. The summed E-state index contributed by atoms with van der Waals surface area (Å²) in [5.41, 5.74) is 3.70. The molecule has 2 saturated carbocycles. The summed E-state index contributed by atoms with van der Waals surface area (Å²) in [5, 5.41) is 3.90. The van der Waals surface area contributed by atoms with Crippen LogP contribution in [0.1, 0.15) is 78.8 Å². The Balaban J connectivity index is 1.16.